The van der Waals surface area contributed by atoms with Gasteiger partial charge in [-0.05, 0) is 35.9 Å². The summed E-state index contributed by atoms with van der Waals surface area (Å²) in [6, 6.07) is 7.41. The lowest BCUT2D eigenvalue weighted by molar-refractivity contribution is 0.459. The number of aromatic hydroxyl groups is 1. The molecule has 0 aliphatic heterocycles. The molecule has 25 heavy (non-hydrogen) atoms. The molecule has 0 aliphatic carbocycles. The van der Waals surface area contributed by atoms with Crippen molar-refractivity contribution in [3.05, 3.63) is 62.5 Å². The smallest absolute Gasteiger partial charge is 0.186 e. The third-order valence-corrected chi connectivity index (χ3v) is 6.56. The van der Waals surface area contributed by atoms with Crippen LogP contribution in [0.3, 0.4) is 0 Å². The predicted octanol–water partition coefficient (Wildman–Crippen LogP) is 5.45. The number of phenolic OH excluding ortho intramolecular Hbond substituents is 1. The fourth-order valence-electron chi connectivity index (χ4n) is 2.30. The molecule has 1 heterocycles. The van der Waals surface area contributed by atoms with E-state index < -0.39 is 15.6 Å². The lowest BCUT2D eigenvalue weighted by Crippen LogP contribution is -2.06. The quantitative estimate of drug-likeness (QED) is 0.593. The minimum Gasteiger partial charge on any atom is -0.505 e. The highest BCUT2D eigenvalue weighted by atomic mass is 35.5. The monoisotopic (exact) mass is 433 g/mol. The van der Waals surface area contributed by atoms with Crippen LogP contribution in [0.4, 0.5) is 0 Å². The van der Waals surface area contributed by atoms with Gasteiger partial charge in [0.2, 0.25) is 0 Å². The van der Waals surface area contributed by atoms with Crippen molar-refractivity contribution in [2.75, 3.05) is 0 Å². The molecule has 0 radical (unpaired) electrons. The first kappa shape index (κ1) is 18.5. The van der Waals surface area contributed by atoms with E-state index >= 15 is 0 Å². The molecule has 1 aromatic heterocycles. The average Bonchev–Trinajstić information content (AvgIpc) is 3.04. The van der Waals surface area contributed by atoms with Crippen molar-refractivity contribution in [2.24, 2.45) is 0 Å². The van der Waals surface area contributed by atoms with Gasteiger partial charge in [0.25, 0.3) is 0 Å². The van der Waals surface area contributed by atoms with Crippen LogP contribution in [0.15, 0.2) is 46.8 Å². The number of benzene rings is 2. The number of sulfone groups is 1. The third-order valence-electron chi connectivity index (χ3n) is 3.32. The van der Waals surface area contributed by atoms with Crippen molar-refractivity contribution >= 4 is 56.0 Å². The summed E-state index contributed by atoms with van der Waals surface area (Å²) < 4.78 is 25.4. The van der Waals surface area contributed by atoms with Crippen molar-refractivity contribution in [2.45, 2.75) is 10.6 Å². The molecular formula is C16H10Cl3NO3S2. The molecule has 0 unspecified atom stereocenters. The van der Waals surface area contributed by atoms with E-state index in [1.54, 1.807) is 24.4 Å². The number of rotatable bonds is 4. The number of hydrogen-bond donors (Lipinski definition) is 1. The van der Waals surface area contributed by atoms with Crippen LogP contribution in [0.2, 0.25) is 15.1 Å². The Labute approximate surface area is 163 Å². The molecule has 3 aromatic rings. The predicted molar refractivity (Wildman–Crippen MR) is 102 cm³/mol. The second-order valence-electron chi connectivity index (χ2n) is 5.18. The lowest BCUT2D eigenvalue weighted by atomic mass is 10.1. The Morgan fingerprint density at radius 2 is 1.76 bits per heavy atom. The summed E-state index contributed by atoms with van der Waals surface area (Å²) in [5, 5.41) is 12.9. The topological polar surface area (TPSA) is 67.3 Å². The molecule has 2 aromatic carbocycles. The Bertz CT molecular complexity index is 1040. The van der Waals surface area contributed by atoms with Gasteiger partial charge in [0.15, 0.2) is 15.6 Å². The average molecular weight is 435 g/mol. The molecule has 0 bridgehead atoms. The normalized spacial score (nSPS) is 11.6. The molecule has 1 N–H and O–H groups in total. The molecule has 4 nitrogen and oxygen atoms in total. The molecule has 0 aliphatic rings. The summed E-state index contributed by atoms with van der Waals surface area (Å²) in [6.45, 7) is 0. The van der Waals surface area contributed by atoms with Crippen LogP contribution in [-0.4, -0.2) is 18.5 Å². The van der Waals surface area contributed by atoms with Crippen molar-refractivity contribution < 1.29 is 13.5 Å². The Hall–Kier alpha value is -1.31. The zero-order chi connectivity index (χ0) is 18.2. The molecule has 0 atom stereocenters. The van der Waals surface area contributed by atoms with Crippen molar-refractivity contribution in [3.63, 3.8) is 0 Å². The molecule has 3 rings (SSSR count). The molecule has 0 amide bonds. The van der Waals surface area contributed by atoms with Gasteiger partial charge in [-0.25, -0.2) is 13.4 Å². The Kier molecular flexibility index (Phi) is 5.27. The Morgan fingerprint density at radius 1 is 1.04 bits per heavy atom. The summed E-state index contributed by atoms with van der Waals surface area (Å²) in [5.41, 5.74) is 1.19. The molecular weight excluding hydrogens is 425 g/mol. The second-order valence-corrected chi connectivity index (χ2v) is 9.31. The Balaban J connectivity index is 2.02. The van der Waals surface area contributed by atoms with Crippen molar-refractivity contribution in [1.29, 1.82) is 0 Å². The highest BCUT2D eigenvalue weighted by molar-refractivity contribution is 7.90. The fraction of sp³-hybridized carbons (Fsp3) is 0.0625. The number of nitrogens with zero attached hydrogens (tertiary/aromatic N) is 1. The standard InChI is InChI=1S/C16H10Cl3NO3S2/c17-11-4-9(3-10(5-11)16-20-1-2-24-16)8-25(22,23)14-7-12(18)6-13(19)15(14)21/h1-7,21H,8H2. The van der Waals surface area contributed by atoms with Gasteiger partial charge >= 0.3 is 0 Å². The first-order valence-electron chi connectivity index (χ1n) is 6.86. The maximum absolute atomic E-state index is 12.7. The van der Waals surface area contributed by atoms with E-state index in [-0.39, 0.29) is 20.7 Å². The molecule has 0 saturated heterocycles. The van der Waals surface area contributed by atoms with Crippen LogP contribution >= 0.6 is 46.1 Å². The number of phenols is 1. The summed E-state index contributed by atoms with van der Waals surface area (Å²) in [7, 11) is -3.89. The minimum absolute atomic E-state index is 0.121. The van der Waals surface area contributed by atoms with Crippen LogP contribution in [0.25, 0.3) is 10.6 Å². The highest BCUT2D eigenvalue weighted by Crippen LogP contribution is 2.36. The largest absolute Gasteiger partial charge is 0.505 e. The first-order chi connectivity index (χ1) is 11.8. The Morgan fingerprint density at radius 3 is 2.44 bits per heavy atom. The summed E-state index contributed by atoms with van der Waals surface area (Å²) in [6.07, 6.45) is 1.66. The van der Waals surface area contributed by atoms with Gasteiger partial charge in [-0.3, -0.25) is 0 Å². The number of halogens is 3. The van der Waals surface area contributed by atoms with Crippen LogP contribution in [-0.2, 0) is 15.6 Å². The van der Waals surface area contributed by atoms with Crippen LogP contribution in [0.1, 0.15) is 5.56 Å². The zero-order valence-corrected chi connectivity index (χ0v) is 16.3. The zero-order valence-electron chi connectivity index (χ0n) is 12.4. The van der Waals surface area contributed by atoms with E-state index in [0.29, 0.717) is 10.6 Å². The van der Waals surface area contributed by atoms with E-state index in [4.69, 9.17) is 34.8 Å². The molecule has 0 saturated carbocycles. The van der Waals surface area contributed by atoms with Gasteiger partial charge in [0.05, 0.1) is 10.8 Å². The molecule has 9 heteroatoms. The minimum atomic E-state index is -3.89. The SMILES string of the molecule is O=S(=O)(Cc1cc(Cl)cc(-c2nccs2)c1)c1cc(Cl)cc(Cl)c1O. The van der Waals surface area contributed by atoms with Crippen LogP contribution in [0, 0.1) is 0 Å². The van der Waals surface area contributed by atoms with Crippen molar-refractivity contribution in [3.8, 4) is 16.3 Å². The fourth-order valence-corrected chi connectivity index (χ4v) is 5.27. The van der Waals surface area contributed by atoms with E-state index in [9.17, 15) is 13.5 Å². The number of hydrogen-bond acceptors (Lipinski definition) is 5. The van der Waals surface area contributed by atoms with Gasteiger partial charge in [0, 0.05) is 27.2 Å². The molecule has 130 valence electrons. The number of thiazole rings is 1. The van der Waals surface area contributed by atoms with E-state index in [1.807, 2.05) is 5.38 Å². The molecule has 0 spiro atoms. The van der Waals surface area contributed by atoms with Gasteiger partial charge in [-0.2, -0.15) is 0 Å². The van der Waals surface area contributed by atoms with Gasteiger partial charge < -0.3 is 5.11 Å². The molecule has 0 fully saturated rings. The van der Waals surface area contributed by atoms with Gasteiger partial charge in [-0.1, -0.05) is 34.8 Å². The van der Waals surface area contributed by atoms with Gasteiger partial charge in [-0.15, -0.1) is 11.3 Å². The van der Waals surface area contributed by atoms with Crippen LogP contribution < -0.4 is 0 Å². The first-order valence-corrected chi connectivity index (χ1v) is 10.5. The maximum atomic E-state index is 12.7. The summed E-state index contributed by atoms with van der Waals surface area (Å²) in [4.78, 5) is 3.88. The number of aromatic nitrogens is 1. The van der Waals surface area contributed by atoms with E-state index in [2.05, 4.69) is 4.98 Å². The van der Waals surface area contributed by atoms with Gasteiger partial charge in [0.1, 0.15) is 9.90 Å². The lowest BCUT2D eigenvalue weighted by Gasteiger charge is -2.10. The third kappa shape index (κ3) is 4.10. The second kappa shape index (κ2) is 7.13. The summed E-state index contributed by atoms with van der Waals surface area (Å²) in [5.74, 6) is -0.885. The summed E-state index contributed by atoms with van der Waals surface area (Å²) >= 11 is 19.2. The highest BCUT2D eigenvalue weighted by Gasteiger charge is 2.23. The van der Waals surface area contributed by atoms with E-state index in [0.717, 1.165) is 10.6 Å². The van der Waals surface area contributed by atoms with E-state index in [1.165, 1.54) is 23.5 Å². The van der Waals surface area contributed by atoms with Crippen LogP contribution in [0.5, 0.6) is 5.75 Å². The maximum Gasteiger partial charge on any atom is 0.186 e. The van der Waals surface area contributed by atoms with Crippen molar-refractivity contribution in [1.82, 2.24) is 4.98 Å².